The van der Waals surface area contributed by atoms with Crippen molar-refractivity contribution >= 4 is 31.7 Å². The van der Waals surface area contributed by atoms with Gasteiger partial charge in [0.25, 0.3) is 10.1 Å². The second-order valence-electron chi connectivity index (χ2n) is 3.85. The number of aliphatic hydroxyl groups is 3. The van der Waals surface area contributed by atoms with Gasteiger partial charge >= 0.3 is 0 Å². The molecule has 0 aromatic heterocycles. The summed E-state index contributed by atoms with van der Waals surface area (Å²) in [6.07, 6.45) is -3.40. The number of ether oxygens (including phenoxy) is 1. The van der Waals surface area contributed by atoms with Crippen LogP contribution < -0.4 is 0 Å². The fourth-order valence-electron chi connectivity index (χ4n) is 1.59. The van der Waals surface area contributed by atoms with E-state index in [2.05, 4.69) is 0 Å². The molecule has 1 unspecified atom stereocenters. The van der Waals surface area contributed by atoms with E-state index in [1.807, 2.05) is 0 Å². The lowest BCUT2D eigenvalue weighted by Gasteiger charge is -2.39. The van der Waals surface area contributed by atoms with Gasteiger partial charge in [-0.3, -0.25) is 4.55 Å². The first-order valence-corrected chi connectivity index (χ1v) is 9.33. The molecule has 18 heavy (non-hydrogen) atoms. The van der Waals surface area contributed by atoms with E-state index in [9.17, 15) is 23.7 Å². The first-order valence-electron chi connectivity index (χ1n) is 5.10. The molecule has 1 aliphatic heterocycles. The molecule has 5 atom stereocenters. The third-order valence-corrected chi connectivity index (χ3v) is 5.19. The summed E-state index contributed by atoms with van der Waals surface area (Å²) in [4.78, 5) is 0. The van der Waals surface area contributed by atoms with Crippen LogP contribution in [0.25, 0.3) is 0 Å². The van der Waals surface area contributed by atoms with Crippen LogP contribution in [0.4, 0.5) is 0 Å². The Bertz CT molecular complexity index is 360. The Labute approximate surface area is 113 Å². The van der Waals surface area contributed by atoms with Crippen LogP contribution >= 0.6 is 21.6 Å². The molecule has 1 rings (SSSR count). The van der Waals surface area contributed by atoms with Crippen molar-refractivity contribution in [3.8, 4) is 0 Å². The monoisotopic (exact) mass is 320 g/mol. The molecule has 0 radical (unpaired) electrons. The Morgan fingerprint density at radius 3 is 2.28 bits per heavy atom. The predicted octanol–water partition coefficient (Wildman–Crippen LogP) is -0.917. The quantitative estimate of drug-likeness (QED) is 0.376. The second kappa shape index (κ2) is 6.75. The minimum absolute atomic E-state index is 0.158. The van der Waals surface area contributed by atoms with E-state index in [0.29, 0.717) is 0 Å². The predicted molar refractivity (Wildman–Crippen MR) is 68.8 cm³/mol. The highest BCUT2D eigenvalue weighted by Gasteiger charge is 2.43. The highest BCUT2D eigenvalue weighted by atomic mass is 33.1. The fraction of sp³-hybridized carbons (Fsp3) is 1.00. The van der Waals surface area contributed by atoms with Crippen molar-refractivity contribution in [2.45, 2.75) is 36.3 Å². The average Bonchev–Trinajstić information content (AvgIpc) is 2.27. The first-order chi connectivity index (χ1) is 8.26. The van der Waals surface area contributed by atoms with Crippen molar-refractivity contribution in [2.24, 2.45) is 0 Å². The van der Waals surface area contributed by atoms with E-state index >= 15 is 0 Å². The molecule has 0 aliphatic carbocycles. The molecule has 0 amide bonds. The molecule has 10 heteroatoms. The molecule has 0 aromatic carbocycles. The Morgan fingerprint density at radius 2 is 1.78 bits per heavy atom. The molecule has 1 fully saturated rings. The smallest absolute Gasteiger partial charge is 0.264 e. The lowest BCUT2D eigenvalue weighted by molar-refractivity contribution is -0.197. The van der Waals surface area contributed by atoms with Crippen molar-refractivity contribution in [2.75, 3.05) is 12.0 Å². The van der Waals surface area contributed by atoms with Crippen LogP contribution in [-0.4, -0.2) is 70.2 Å². The lowest BCUT2D eigenvalue weighted by Crippen LogP contribution is -2.56. The Balaban J connectivity index is 2.66. The van der Waals surface area contributed by atoms with Crippen LogP contribution in [0.1, 0.15) is 6.42 Å². The van der Waals surface area contributed by atoms with E-state index in [-0.39, 0.29) is 6.42 Å². The van der Waals surface area contributed by atoms with Gasteiger partial charge in [-0.25, -0.2) is 0 Å². The number of hydrogen-bond acceptors (Lipinski definition) is 8. The molecule has 4 N–H and O–H groups in total. The minimum Gasteiger partial charge on any atom is -0.388 e. The minimum atomic E-state index is -4.15. The first kappa shape index (κ1) is 16.5. The molecular formula is C8H16O7S3. The van der Waals surface area contributed by atoms with Gasteiger partial charge in [-0.2, -0.15) is 8.42 Å². The summed E-state index contributed by atoms with van der Waals surface area (Å²) in [5.74, 6) is -0.575. The summed E-state index contributed by atoms with van der Waals surface area (Å²) in [5, 5.41) is 28.9. The summed E-state index contributed by atoms with van der Waals surface area (Å²) >= 11 is 0. The van der Waals surface area contributed by atoms with Gasteiger partial charge in [0.05, 0.1) is 11.9 Å². The molecule has 1 aliphatic rings. The highest BCUT2D eigenvalue weighted by Crippen LogP contribution is 2.34. The van der Waals surface area contributed by atoms with Crippen molar-refractivity contribution in [1.29, 1.82) is 0 Å². The largest absolute Gasteiger partial charge is 0.388 e. The Kier molecular flexibility index (Phi) is 6.19. The van der Waals surface area contributed by atoms with E-state index < -0.39 is 45.7 Å². The molecule has 1 heterocycles. The molecular weight excluding hydrogens is 304 g/mol. The summed E-state index contributed by atoms with van der Waals surface area (Å²) in [7, 11) is -1.68. The van der Waals surface area contributed by atoms with Gasteiger partial charge in [0.1, 0.15) is 23.7 Å². The molecule has 108 valence electrons. The van der Waals surface area contributed by atoms with Gasteiger partial charge in [-0.05, 0) is 12.7 Å². The SMILES string of the molecule is CSSC1O[C@H](CCS(=O)(=O)O)[C@@H](O)[C@H](O)[C@@H]1O. The third-order valence-electron chi connectivity index (χ3n) is 2.52. The van der Waals surface area contributed by atoms with Gasteiger partial charge in [0, 0.05) is 0 Å². The normalized spacial score (nSPS) is 37.7. The highest BCUT2D eigenvalue weighted by molar-refractivity contribution is 8.76. The molecule has 0 aromatic rings. The Morgan fingerprint density at radius 1 is 1.17 bits per heavy atom. The van der Waals surface area contributed by atoms with Gasteiger partial charge in [-0.1, -0.05) is 21.6 Å². The topological polar surface area (TPSA) is 124 Å². The van der Waals surface area contributed by atoms with Gasteiger partial charge in [-0.15, -0.1) is 0 Å². The lowest BCUT2D eigenvalue weighted by atomic mass is 9.98. The van der Waals surface area contributed by atoms with Crippen LogP contribution in [0.15, 0.2) is 0 Å². The summed E-state index contributed by atoms with van der Waals surface area (Å²) < 4.78 is 35.2. The summed E-state index contributed by atoms with van der Waals surface area (Å²) in [5.41, 5.74) is -0.759. The van der Waals surface area contributed by atoms with Crippen molar-refractivity contribution in [3.63, 3.8) is 0 Å². The molecule has 0 spiro atoms. The molecule has 1 saturated heterocycles. The zero-order chi connectivity index (χ0) is 13.9. The van der Waals surface area contributed by atoms with E-state index in [1.165, 1.54) is 10.8 Å². The van der Waals surface area contributed by atoms with Crippen molar-refractivity contribution in [1.82, 2.24) is 0 Å². The number of aliphatic hydroxyl groups excluding tert-OH is 3. The third kappa shape index (κ3) is 4.53. The zero-order valence-corrected chi connectivity index (χ0v) is 12.0. The van der Waals surface area contributed by atoms with Crippen LogP contribution in [0.3, 0.4) is 0 Å². The maximum atomic E-state index is 10.6. The summed E-state index contributed by atoms with van der Waals surface area (Å²) in [6, 6.07) is 0. The average molecular weight is 320 g/mol. The van der Waals surface area contributed by atoms with E-state index in [4.69, 9.17) is 9.29 Å². The Hall–Kier alpha value is 0.450. The van der Waals surface area contributed by atoms with Crippen LogP contribution in [-0.2, 0) is 14.9 Å². The molecule has 0 saturated carbocycles. The van der Waals surface area contributed by atoms with Crippen LogP contribution in [0.2, 0.25) is 0 Å². The fourth-order valence-corrected chi connectivity index (χ4v) is 3.82. The van der Waals surface area contributed by atoms with E-state index in [1.54, 1.807) is 6.26 Å². The zero-order valence-electron chi connectivity index (χ0n) is 9.54. The van der Waals surface area contributed by atoms with Gasteiger partial charge < -0.3 is 20.1 Å². The number of hydrogen-bond donors (Lipinski definition) is 4. The standard InChI is InChI=1S/C8H16O7S3/c1-16-17-8-7(11)6(10)5(9)4(15-8)2-3-18(12,13)14/h4-11H,2-3H2,1H3,(H,12,13,14)/t4-,5-,6+,7+,8?/m1/s1. The maximum Gasteiger partial charge on any atom is 0.264 e. The maximum absolute atomic E-state index is 10.6. The van der Waals surface area contributed by atoms with Crippen LogP contribution in [0, 0.1) is 0 Å². The van der Waals surface area contributed by atoms with Gasteiger partial charge in [0.2, 0.25) is 0 Å². The molecule has 0 bridgehead atoms. The number of rotatable bonds is 5. The summed E-state index contributed by atoms with van der Waals surface area (Å²) in [6.45, 7) is 0. The van der Waals surface area contributed by atoms with Crippen LogP contribution in [0.5, 0.6) is 0 Å². The van der Waals surface area contributed by atoms with E-state index in [0.717, 1.165) is 10.8 Å². The molecule has 7 nitrogen and oxygen atoms in total. The van der Waals surface area contributed by atoms with Gasteiger partial charge in [0.15, 0.2) is 0 Å². The second-order valence-corrected chi connectivity index (χ2v) is 7.99. The van der Waals surface area contributed by atoms with Crippen molar-refractivity contribution < 1.29 is 33.0 Å². The van der Waals surface area contributed by atoms with Crippen molar-refractivity contribution in [3.05, 3.63) is 0 Å².